The highest BCUT2D eigenvalue weighted by molar-refractivity contribution is 9.10. The number of rotatable bonds is 8. The first-order chi connectivity index (χ1) is 10.2. The van der Waals surface area contributed by atoms with Crippen LogP contribution in [0.25, 0.3) is 0 Å². The van der Waals surface area contributed by atoms with E-state index >= 15 is 0 Å². The van der Waals surface area contributed by atoms with Crippen molar-refractivity contribution < 1.29 is 0 Å². The van der Waals surface area contributed by atoms with Crippen molar-refractivity contribution in [3.05, 3.63) is 56.2 Å². The summed E-state index contributed by atoms with van der Waals surface area (Å²) >= 11 is 5.32. The number of halogens is 1. The molecule has 0 fully saturated rings. The van der Waals surface area contributed by atoms with Gasteiger partial charge in [0.25, 0.3) is 0 Å². The molecule has 0 atom stereocenters. The van der Waals surface area contributed by atoms with Crippen LogP contribution in [-0.2, 0) is 19.5 Å². The van der Waals surface area contributed by atoms with Gasteiger partial charge in [-0.25, -0.2) is 0 Å². The van der Waals surface area contributed by atoms with Crippen molar-refractivity contribution in [2.24, 2.45) is 0 Å². The van der Waals surface area contributed by atoms with Gasteiger partial charge in [-0.15, -0.1) is 11.3 Å². The molecular formula is C17H23BrN2S. The summed E-state index contributed by atoms with van der Waals surface area (Å²) in [5, 5.41) is 5.50. The molecule has 0 aliphatic heterocycles. The molecule has 1 aromatic heterocycles. The lowest BCUT2D eigenvalue weighted by molar-refractivity contribution is 0.322. The van der Waals surface area contributed by atoms with Gasteiger partial charge in [0.1, 0.15) is 0 Å². The fourth-order valence-corrected chi connectivity index (χ4v) is 3.82. The van der Waals surface area contributed by atoms with Gasteiger partial charge in [0.05, 0.1) is 0 Å². The molecule has 0 spiro atoms. The molecule has 114 valence electrons. The zero-order chi connectivity index (χ0) is 15.1. The summed E-state index contributed by atoms with van der Waals surface area (Å²) in [6.07, 6.45) is 1.10. The third-order valence-corrected chi connectivity index (χ3v) is 5.05. The maximum absolute atomic E-state index is 3.51. The molecular weight excluding hydrogens is 344 g/mol. The van der Waals surface area contributed by atoms with E-state index in [2.05, 4.69) is 75.8 Å². The molecule has 2 aromatic rings. The van der Waals surface area contributed by atoms with Gasteiger partial charge in [-0.1, -0.05) is 31.2 Å². The number of benzene rings is 1. The molecule has 1 aromatic carbocycles. The first-order valence-corrected chi connectivity index (χ1v) is 9.04. The molecule has 0 radical (unpaired) electrons. The van der Waals surface area contributed by atoms with Crippen LogP contribution in [0.3, 0.4) is 0 Å². The SMILES string of the molecule is CCNCCc1ccc(CN(C)Cc2cc(Br)cs2)cc1. The summed E-state index contributed by atoms with van der Waals surface area (Å²) in [5.74, 6) is 0. The number of likely N-dealkylation sites (N-methyl/N-ethyl adjacent to an activating group) is 1. The summed E-state index contributed by atoms with van der Waals surface area (Å²) in [4.78, 5) is 3.75. The van der Waals surface area contributed by atoms with Crippen LogP contribution in [0, 0.1) is 0 Å². The van der Waals surface area contributed by atoms with E-state index in [0.717, 1.165) is 32.6 Å². The van der Waals surface area contributed by atoms with E-state index in [-0.39, 0.29) is 0 Å². The van der Waals surface area contributed by atoms with E-state index in [4.69, 9.17) is 0 Å². The second kappa shape index (κ2) is 8.69. The van der Waals surface area contributed by atoms with E-state index < -0.39 is 0 Å². The molecule has 0 bridgehead atoms. The number of hydrogen-bond donors (Lipinski definition) is 1. The maximum Gasteiger partial charge on any atom is 0.0328 e. The van der Waals surface area contributed by atoms with Crippen LogP contribution in [0.4, 0.5) is 0 Å². The van der Waals surface area contributed by atoms with Crippen molar-refractivity contribution in [1.82, 2.24) is 10.2 Å². The Labute approximate surface area is 140 Å². The molecule has 21 heavy (non-hydrogen) atoms. The van der Waals surface area contributed by atoms with Crippen molar-refractivity contribution in [2.45, 2.75) is 26.4 Å². The van der Waals surface area contributed by atoms with Gasteiger partial charge in [-0.3, -0.25) is 4.90 Å². The lowest BCUT2D eigenvalue weighted by Gasteiger charge is -2.16. The molecule has 0 aliphatic rings. The van der Waals surface area contributed by atoms with Crippen LogP contribution in [-0.4, -0.2) is 25.0 Å². The van der Waals surface area contributed by atoms with Crippen molar-refractivity contribution in [3.63, 3.8) is 0 Å². The highest BCUT2D eigenvalue weighted by Crippen LogP contribution is 2.21. The van der Waals surface area contributed by atoms with Crippen molar-refractivity contribution >= 4 is 27.3 Å². The van der Waals surface area contributed by atoms with E-state index in [1.165, 1.54) is 20.5 Å². The van der Waals surface area contributed by atoms with Crippen molar-refractivity contribution in [2.75, 3.05) is 20.1 Å². The van der Waals surface area contributed by atoms with Gasteiger partial charge in [0.15, 0.2) is 0 Å². The molecule has 0 amide bonds. The molecule has 4 heteroatoms. The average Bonchev–Trinajstić information content (AvgIpc) is 2.86. The Balaban J connectivity index is 1.82. The molecule has 2 rings (SSSR count). The summed E-state index contributed by atoms with van der Waals surface area (Å²) in [5.41, 5.74) is 2.78. The zero-order valence-corrected chi connectivity index (χ0v) is 15.1. The Bertz CT molecular complexity index is 536. The van der Waals surface area contributed by atoms with Crippen LogP contribution >= 0.6 is 27.3 Å². The molecule has 2 nitrogen and oxygen atoms in total. The van der Waals surface area contributed by atoms with Gasteiger partial charge in [0.2, 0.25) is 0 Å². The van der Waals surface area contributed by atoms with Crippen LogP contribution in [0.15, 0.2) is 40.2 Å². The Morgan fingerprint density at radius 1 is 1.14 bits per heavy atom. The second-order valence-electron chi connectivity index (χ2n) is 5.32. The van der Waals surface area contributed by atoms with Crippen LogP contribution in [0.2, 0.25) is 0 Å². The van der Waals surface area contributed by atoms with Crippen molar-refractivity contribution in [1.29, 1.82) is 0 Å². The normalized spacial score (nSPS) is 11.2. The Morgan fingerprint density at radius 3 is 2.48 bits per heavy atom. The van der Waals surface area contributed by atoms with E-state index in [9.17, 15) is 0 Å². The second-order valence-corrected chi connectivity index (χ2v) is 7.24. The zero-order valence-electron chi connectivity index (χ0n) is 12.7. The largest absolute Gasteiger partial charge is 0.317 e. The Morgan fingerprint density at radius 2 is 1.86 bits per heavy atom. The molecule has 0 saturated carbocycles. The monoisotopic (exact) mass is 366 g/mol. The number of thiophene rings is 1. The Hall–Kier alpha value is -0.680. The predicted octanol–water partition coefficient (Wildman–Crippen LogP) is 4.29. The quantitative estimate of drug-likeness (QED) is 0.700. The van der Waals surface area contributed by atoms with Crippen LogP contribution in [0.5, 0.6) is 0 Å². The Kier molecular flexibility index (Phi) is 6.90. The first kappa shape index (κ1) is 16.7. The predicted molar refractivity (Wildman–Crippen MR) is 95.9 cm³/mol. The maximum atomic E-state index is 3.51. The fourth-order valence-electron chi connectivity index (χ4n) is 2.29. The third-order valence-electron chi connectivity index (χ3n) is 3.36. The van der Waals surface area contributed by atoms with Gasteiger partial charge < -0.3 is 5.32 Å². The summed E-state index contributed by atoms with van der Waals surface area (Å²) < 4.78 is 1.18. The van der Waals surface area contributed by atoms with Gasteiger partial charge in [-0.2, -0.15) is 0 Å². The molecule has 1 N–H and O–H groups in total. The molecule has 0 saturated heterocycles. The highest BCUT2D eigenvalue weighted by atomic mass is 79.9. The van der Waals surface area contributed by atoms with Gasteiger partial charge in [-0.05, 0) is 59.7 Å². The number of nitrogens with zero attached hydrogens (tertiary/aromatic N) is 1. The van der Waals surface area contributed by atoms with Crippen LogP contribution in [0.1, 0.15) is 22.9 Å². The minimum absolute atomic E-state index is 0.989. The number of nitrogens with one attached hydrogen (secondary N) is 1. The first-order valence-electron chi connectivity index (χ1n) is 7.37. The average molecular weight is 367 g/mol. The van der Waals surface area contributed by atoms with Gasteiger partial charge in [0, 0.05) is 27.8 Å². The smallest absolute Gasteiger partial charge is 0.0328 e. The van der Waals surface area contributed by atoms with Crippen molar-refractivity contribution in [3.8, 4) is 0 Å². The summed E-state index contributed by atoms with van der Waals surface area (Å²) in [6.45, 7) is 6.23. The third kappa shape index (κ3) is 5.91. The van der Waals surface area contributed by atoms with E-state index in [1.54, 1.807) is 11.3 Å². The lowest BCUT2D eigenvalue weighted by Crippen LogP contribution is -2.17. The van der Waals surface area contributed by atoms with E-state index in [0.29, 0.717) is 0 Å². The summed E-state index contributed by atoms with van der Waals surface area (Å²) in [6, 6.07) is 11.2. The van der Waals surface area contributed by atoms with E-state index in [1.807, 2.05) is 0 Å². The molecule has 0 unspecified atom stereocenters. The molecule has 0 aliphatic carbocycles. The van der Waals surface area contributed by atoms with Gasteiger partial charge >= 0.3 is 0 Å². The summed E-state index contributed by atoms with van der Waals surface area (Å²) in [7, 11) is 2.17. The van der Waals surface area contributed by atoms with Crippen LogP contribution < -0.4 is 5.32 Å². The number of hydrogen-bond acceptors (Lipinski definition) is 3. The standard InChI is InChI=1S/C17H23BrN2S/c1-3-19-9-8-14-4-6-15(7-5-14)11-20(2)12-17-10-16(18)13-21-17/h4-7,10,13,19H,3,8-9,11-12H2,1-2H3. The topological polar surface area (TPSA) is 15.3 Å². The minimum Gasteiger partial charge on any atom is -0.317 e. The fraction of sp³-hybridized carbons (Fsp3) is 0.412. The minimum atomic E-state index is 0.989. The molecule has 1 heterocycles. The lowest BCUT2D eigenvalue weighted by atomic mass is 10.1. The highest BCUT2D eigenvalue weighted by Gasteiger charge is 2.04.